The molecule has 0 aliphatic heterocycles. The summed E-state index contributed by atoms with van der Waals surface area (Å²) in [6.45, 7) is 0. The molecule has 1 aromatic carbocycles. The highest BCUT2D eigenvalue weighted by Gasteiger charge is 2.12. The summed E-state index contributed by atoms with van der Waals surface area (Å²) in [5.74, 6) is -0.654. The second kappa shape index (κ2) is 6.21. The van der Waals surface area contributed by atoms with Crippen LogP contribution in [0.4, 0.5) is 8.78 Å². The zero-order chi connectivity index (χ0) is 13.8. The molecule has 0 aliphatic carbocycles. The fourth-order valence-corrected chi connectivity index (χ4v) is 2.43. The molecule has 1 heterocycles. The van der Waals surface area contributed by atoms with Gasteiger partial charge in [-0.25, -0.2) is 8.78 Å². The first-order chi connectivity index (χ1) is 9.08. The molecule has 1 aromatic heterocycles. The third-order valence-corrected chi connectivity index (χ3v) is 3.28. The Labute approximate surface area is 119 Å². The van der Waals surface area contributed by atoms with Gasteiger partial charge in [0.1, 0.15) is 11.6 Å². The number of hydrogen-bond donors (Lipinski definition) is 1. The van der Waals surface area contributed by atoms with Gasteiger partial charge in [-0.1, -0.05) is 15.9 Å². The van der Waals surface area contributed by atoms with E-state index >= 15 is 0 Å². The van der Waals surface area contributed by atoms with Gasteiger partial charge in [0.25, 0.3) is 0 Å². The lowest BCUT2D eigenvalue weighted by molar-refractivity contribution is 0.561. The first kappa shape index (κ1) is 14.1. The monoisotopic (exact) mass is 326 g/mol. The van der Waals surface area contributed by atoms with Gasteiger partial charge in [0.05, 0.1) is 17.9 Å². The first-order valence-corrected chi connectivity index (χ1v) is 6.61. The van der Waals surface area contributed by atoms with Crippen LogP contribution in [0.3, 0.4) is 0 Å². The van der Waals surface area contributed by atoms with Gasteiger partial charge < -0.3 is 5.32 Å². The third kappa shape index (κ3) is 3.81. The first-order valence-electron chi connectivity index (χ1n) is 5.82. The molecule has 2 nitrogen and oxygen atoms in total. The van der Waals surface area contributed by atoms with Crippen LogP contribution in [-0.2, 0) is 6.42 Å². The number of halogens is 3. The molecule has 19 heavy (non-hydrogen) atoms. The summed E-state index contributed by atoms with van der Waals surface area (Å²) in [6, 6.07) is 7.66. The predicted molar refractivity (Wildman–Crippen MR) is 73.8 cm³/mol. The Bertz CT molecular complexity index is 538. The molecule has 1 N–H and O–H groups in total. The minimum absolute atomic E-state index is 0.0886. The fourth-order valence-electron chi connectivity index (χ4n) is 1.91. The number of benzene rings is 1. The van der Waals surface area contributed by atoms with Gasteiger partial charge in [-0.15, -0.1) is 0 Å². The van der Waals surface area contributed by atoms with Gasteiger partial charge in [-0.2, -0.15) is 0 Å². The number of nitrogens with zero attached hydrogens (tertiary/aromatic N) is 1. The van der Waals surface area contributed by atoms with Gasteiger partial charge in [0.2, 0.25) is 0 Å². The Hall–Kier alpha value is -1.33. The van der Waals surface area contributed by atoms with Gasteiger partial charge in [-0.3, -0.25) is 4.98 Å². The lowest BCUT2D eigenvalue weighted by Gasteiger charge is -2.16. The fraction of sp³-hybridized carbons (Fsp3) is 0.214. The summed E-state index contributed by atoms with van der Waals surface area (Å²) in [5.41, 5.74) is 1.57. The highest BCUT2D eigenvalue weighted by atomic mass is 79.9. The van der Waals surface area contributed by atoms with Crippen LogP contribution in [0, 0.1) is 11.6 Å². The minimum atomic E-state index is -0.368. The van der Waals surface area contributed by atoms with Crippen LogP contribution < -0.4 is 5.32 Å². The lowest BCUT2D eigenvalue weighted by Crippen LogP contribution is -2.20. The number of aromatic nitrogens is 1. The molecular formula is C14H13BrF2N2. The molecule has 2 rings (SSSR count). The summed E-state index contributed by atoms with van der Waals surface area (Å²) in [7, 11) is 1.80. The van der Waals surface area contributed by atoms with E-state index in [-0.39, 0.29) is 17.7 Å². The summed E-state index contributed by atoms with van der Waals surface area (Å²) in [5, 5.41) is 3.10. The van der Waals surface area contributed by atoms with Crippen LogP contribution in [-0.4, -0.2) is 12.0 Å². The van der Waals surface area contributed by atoms with E-state index in [9.17, 15) is 8.78 Å². The predicted octanol–water partition coefficient (Wildman–Crippen LogP) is 3.63. The smallest absolute Gasteiger partial charge is 0.141 e. The second-order valence-electron chi connectivity index (χ2n) is 4.22. The zero-order valence-electron chi connectivity index (χ0n) is 10.3. The van der Waals surface area contributed by atoms with E-state index in [0.717, 1.165) is 11.3 Å². The van der Waals surface area contributed by atoms with Crippen LogP contribution in [0.1, 0.15) is 17.3 Å². The molecule has 0 saturated carbocycles. The quantitative estimate of drug-likeness (QED) is 0.928. The van der Waals surface area contributed by atoms with Crippen molar-refractivity contribution in [3.63, 3.8) is 0 Å². The Kier molecular flexibility index (Phi) is 4.61. The molecule has 1 unspecified atom stereocenters. The van der Waals surface area contributed by atoms with Gasteiger partial charge in [-0.05, 0) is 49.4 Å². The van der Waals surface area contributed by atoms with Gasteiger partial charge >= 0.3 is 0 Å². The topological polar surface area (TPSA) is 24.9 Å². The summed E-state index contributed by atoms with van der Waals surface area (Å²) in [6.07, 6.45) is 1.76. The summed E-state index contributed by atoms with van der Waals surface area (Å²) in [4.78, 5) is 4.05. The molecular weight excluding hydrogens is 314 g/mol. The van der Waals surface area contributed by atoms with Crippen molar-refractivity contribution in [3.05, 3.63) is 63.9 Å². The van der Waals surface area contributed by atoms with Crippen molar-refractivity contribution in [2.75, 3.05) is 7.05 Å². The molecule has 0 saturated heterocycles. The minimum Gasteiger partial charge on any atom is -0.311 e. The second-order valence-corrected chi connectivity index (χ2v) is 5.14. The van der Waals surface area contributed by atoms with Crippen LogP contribution in [0.2, 0.25) is 0 Å². The maximum Gasteiger partial charge on any atom is 0.141 e. The van der Waals surface area contributed by atoms with Crippen molar-refractivity contribution < 1.29 is 8.78 Å². The van der Waals surface area contributed by atoms with Crippen LogP contribution in [0.15, 0.2) is 41.0 Å². The van der Waals surface area contributed by atoms with E-state index in [1.807, 2.05) is 6.07 Å². The average molecular weight is 327 g/mol. The summed E-state index contributed by atoms with van der Waals surface area (Å²) >= 11 is 3.26. The number of rotatable bonds is 4. The Morgan fingerprint density at radius 1 is 1.21 bits per heavy atom. The molecule has 0 aliphatic rings. The standard InChI is InChI=1S/C14H13BrF2N2/c1-18-14(13-3-2-11(16)8-19-13)6-9-4-10(15)7-12(17)5-9/h2-5,7-8,14,18H,6H2,1H3. The number of hydrogen-bond acceptors (Lipinski definition) is 2. The maximum absolute atomic E-state index is 13.3. The Balaban J connectivity index is 2.21. The number of pyridine rings is 1. The lowest BCUT2D eigenvalue weighted by atomic mass is 10.0. The molecule has 0 bridgehead atoms. The molecule has 0 fully saturated rings. The number of likely N-dealkylation sites (N-methyl/N-ethyl adjacent to an activating group) is 1. The van der Waals surface area contributed by atoms with Gasteiger partial charge in [0.15, 0.2) is 0 Å². The number of nitrogens with one attached hydrogen (secondary N) is 1. The molecule has 0 radical (unpaired) electrons. The van der Waals surface area contributed by atoms with Crippen LogP contribution in [0.5, 0.6) is 0 Å². The molecule has 0 amide bonds. The van der Waals surface area contributed by atoms with E-state index in [0.29, 0.717) is 10.9 Å². The highest BCUT2D eigenvalue weighted by Crippen LogP contribution is 2.20. The average Bonchev–Trinajstić information content (AvgIpc) is 2.36. The van der Waals surface area contributed by atoms with Crippen molar-refractivity contribution >= 4 is 15.9 Å². The highest BCUT2D eigenvalue weighted by molar-refractivity contribution is 9.10. The maximum atomic E-state index is 13.3. The van der Waals surface area contributed by atoms with E-state index in [4.69, 9.17) is 0 Å². The van der Waals surface area contributed by atoms with E-state index in [1.54, 1.807) is 13.1 Å². The molecule has 1 atom stereocenters. The van der Waals surface area contributed by atoms with E-state index in [2.05, 4.69) is 26.2 Å². The van der Waals surface area contributed by atoms with Crippen LogP contribution in [0.25, 0.3) is 0 Å². The SMILES string of the molecule is CNC(Cc1cc(F)cc(Br)c1)c1ccc(F)cn1. The molecule has 100 valence electrons. The summed E-state index contributed by atoms with van der Waals surface area (Å²) < 4.78 is 26.9. The Morgan fingerprint density at radius 3 is 2.58 bits per heavy atom. The van der Waals surface area contributed by atoms with Crippen molar-refractivity contribution in [3.8, 4) is 0 Å². The largest absolute Gasteiger partial charge is 0.311 e. The van der Waals surface area contributed by atoms with Crippen molar-refractivity contribution in [2.24, 2.45) is 0 Å². The molecule has 0 spiro atoms. The van der Waals surface area contributed by atoms with Gasteiger partial charge in [0, 0.05) is 4.47 Å². The molecule has 5 heteroatoms. The van der Waals surface area contributed by atoms with Crippen molar-refractivity contribution in [2.45, 2.75) is 12.5 Å². The van der Waals surface area contributed by atoms with E-state index < -0.39 is 0 Å². The zero-order valence-corrected chi connectivity index (χ0v) is 11.9. The molecule has 2 aromatic rings. The third-order valence-electron chi connectivity index (χ3n) is 2.82. The normalized spacial score (nSPS) is 12.4. The van der Waals surface area contributed by atoms with Crippen molar-refractivity contribution in [1.82, 2.24) is 10.3 Å². The Morgan fingerprint density at radius 2 is 2.00 bits per heavy atom. The van der Waals surface area contributed by atoms with Crippen molar-refractivity contribution in [1.29, 1.82) is 0 Å². The van der Waals surface area contributed by atoms with E-state index in [1.165, 1.54) is 24.4 Å². The van der Waals surface area contributed by atoms with Crippen LogP contribution >= 0.6 is 15.9 Å².